The lowest BCUT2D eigenvalue weighted by atomic mass is 9.96. The van der Waals surface area contributed by atoms with E-state index in [0.29, 0.717) is 24.6 Å². The van der Waals surface area contributed by atoms with E-state index < -0.39 is 5.97 Å². The van der Waals surface area contributed by atoms with Gasteiger partial charge in [-0.1, -0.05) is 6.07 Å². The average molecular weight is 260 g/mol. The Hall–Kier alpha value is -2.04. The zero-order valence-corrected chi connectivity index (χ0v) is 10.6. The highest BCUT2D eigenvalue weighted by Crippen LogP contribution is 2.30. The number of carbonyl (C=O) groups is 2. The predicted octanol–water partition coefficient (Wildman–Crippen LogP) is 2.01. The number of carbonyl (C=O) groups excluding carboxylic acids is 1. The maximum atomic E-state index is 12.2. The van der Waals surface area contributed by atoms with E-state index in [1.54, 1.807) is 17.0 Å². The fraction of sp³-hybridized carbons (Fsp3) is 0.429. The molecule has 0 bridgehead atoms. The van der Waals surface area contributed by atoms with Gasteiger partial charge in [0.05, 0.1) is 5.56 Å². The van der Waals surface area contributed by atoms with Crippen LogP contribution in [0.5, 0.6) is 0 Å². The zero-order chi connectivity index (χ0) is 13.4. The smallest absolute Gasteiger partial charge is 0.336 e. The van der Waals surface area contributed by atoms with E-state index in [1.165, 1.54) is 0 Å². The summed E-state index contributed by atoms with van der Waals surface area (Å²) in [5.41, 5.74) is 1.82. The summed E-state index contributed by atoms with van der Waals surface area (Å²) < 4.78 is 0. The molecule has 0 aromatic heterocycles. The van der Waals surface area contributed by atoms with Crippen molar-refractivity contribution in [1.29, 1.82) is 0 Å². The second-order valence-corrected chi connectivity index (χ2v) is 5.09. The topological polar surface area (TPSA) is 69.6 Å². The maximum Gasteiger partial charge on any atom is 0.336 e. The van der Waals surface area contributed by atoms with Crippen molar-refractivity contribution in [3.8, 4) is 0 Å². The number of carboxylic acids is 1. The van der Waals surface area contributed by atoms with Gasteiger partial charge in [0.1, 0.15) is 0 Å². The molecule has 1 heterocycles. The number of benzene rings is 1. The Morgan fingerprint density at radius 1 is 1.32 bits per heavy atom. The monoisotopic (exact) mass is 260 g/mol. The van der Waals surface area contributed by atoms with Gasteiger partial charge in [-0.3, -0.25) is 4.90 Å². The van der Waals surface area contributed by atoms with E-state index in [1.807, 2.05) is 6.07 Å². The molecule has 0 atom stereocenters. The zero-order valence-electron chi connectivity index (χ0n) is 10.6. The van der Waals surface area contributed by atoms with Crippen LogP contribution < -0.4 is 10.2 Å². The van der Waals surface area contributed by atoms with E-state index in [4.69, 9.17) is 0 Å². The third kappa shape index (κ3) is 2.28. The quantitative estimate of drug-likeness (QED) is 0.854. The molecule has 100 valence electrons. The van der Waals surface area contributed by atoms with Crippen LogP contribution in [0.25, 0.3) is 0 Å². The molecule has 1 aliphatic carbocycles. The molecule has 5 nitrogen and oxygen atoms in total. The van der Waals surface area contributed by atoms with Crippen molar-refractivity contribution in [1.82, 2.24) is 5.32 Å². The van der Waals surface area contributed by atoms with E-state index in [-0.39, 0.29) is 6.03 Å². The molecule has 0 radical (unpaired) electrons. The van der Waals surface area contributed by atoms with Crippen LogP contribution in [0, 0.1) is 0 Å². The number of anilines is 1. The lowest BCUT2D eigenvalue weighted by Gasteiger charge is -2.30. The minimum absolute atomic E-state index is 0.106. The Labute approximate surface area is 111 Å². The van der Waals surface area contributed by atoms with Crippen molar-refractivity contribution in [3.63, 3.8) is 0 Å². The number of rotatable bonds is 2. The first kappa shape index (κ1) is 12.0. The van der Waals surface area contributed by atoms with Crippen molar-refractivity contribution in [2.24, 2.45) is 0 Å². The summed E-state index contributed by atoms with van der Waals surface area (Å²) in [4.78, 5) is 25.0. The van der Waals surface area contributed by atoms with Crippen LogP contribution in [0.15, 0.2) is 18.2 Å². The van der Waals surface area contributed by atoms with E-state index in [9.17, 15) is 14.7 Å². The molecule has 1 aliphatic heterocycles. The molecule has 0 saturated heterocycles. The number of fused-ring (bicyclic) bond motifs is 1. The molecule has 1 aromatic rings. The van der Waals surface area contributed by atoms with Gasteiger partial charge in [-0.2, -0.15) is 0 Å². The number of hydrogen-bond donors (Lipinski definition) is 2. The summed E-state index contributed by atoms with van der Waals surface area (Å²) in [6, 6.07) is 5.33. The first-order valence-electron chi connectivity index (χ1n) is 6.60. The molecule has 0 spiro atoms. The molecule has 1 aromatic carbocycles. The first-order valence-corrected chi connectivity index (χ1v) is 6.60. The summed E-state index contributed by atoms with van der Waals surface area (Å²) in [5, 5.41) is 12.2. The summed E-state index contributed by atoms with van der Waals surface area (Å²) in [6.45, 7) is 0.647. The number of aromatic carboxylic acids is 1. The van der Waals surface area contributed by atoms with Gasteiger partial charge in [0.25, 0.3) is 0 Å². The summed E-state index contributed by atoms with van der Waals surface area (Å²) in [7, 11) is 0. The third-order valence-corrected chi connectivity index (χ3v) is 3.63. The molecule has 2 amide bonds. The highest BCUT2D eigenvalue weighted by Gasteiger charge is 2.30. The Bertz CT molecular complexity index is 537. The van der Waals surface area contributed by atoms with Crippen LogP contribution in [0.4, 0.5) is 10.5 Å². The fourth-order valence-corrected chi connectivity index (χ4v) is 2.52. The van der Waals surface area contributed by atoms with Crippen LogP contribution in [0.1, 0.15) is 35.2 Å². The maximum absolute atomic E-state index is 12.2. The number of nitrogens with zero attached hydrogens (tertiary/aromatic N) is 1. The number of urea groups is 1. The first-order chi connectivity index (χ1) is 9.16. The SMILES string of the molecule is O=C(O)c1cccc2c1CCCN2C(=O)NC1CC1. The third-order valence-electron chi connectivity index (χ3n) is 3.63. The number of nitrogens with one attached hydrogen (secondary N) is 1. The van der Waals surface area contributed by atoms with Crippen molar-refractivity contribution in [2.45, 2.75) is 31.7 Å². The highest BCUT2D eigenvalue weighted by molar-refractivity contribution is 5.97. The average Bonchev–Trinajstić information content (AvgIpc) is 3.21. The predicted molar refractivity (Wildman–Crippen MR) is 70.6 cm³/mol. The van der Waals surface area contributed by atoms with Crippen LogP contribution in [0.2, 0.25) is 0 Å². The van der Waals surface area contributed by atoms with E-state index >= 15 is 0 Å². The molecule has 5 heteroatoms. The molecular weight excluding hydrogens is 244 g/mol. The Balaban J connectivity index is 1.92. The lowest BCUT2D eigenvalue weighted by molar-refractivity contribution is 0.0695. The fourth-order valence-electron chi connectivity index (χ4n) is 2.52. The van der Waals surface area contributed by atoms with Crippen LogP contribution >= 0.6 is 0 Å². The second-order valence-electron chi connectivity index (χ2n) is 5.09. The van der Waals surface area contributed by atoms with Gasteiger partial charge >= 0.3 is 12.0 Å². The normalized spacial score (nSPS) is 17.8. The van der Waals surface area contributed by atoms with Gasteiger partial charge < -0.3 is 10.4 Å². The van der Waals surface area contributed by atoms with Gasteiger partial charge in [-0.15, -0.1) is 0 Å². The Kier molecular flexibility index (Phi) is 2.89. The van der Waals surface area contributed by atoms with Gasteiger partial charge in [0.2, 0.25) is 0 Å². The Morgan fingerprint density at radius 2 is 2.11 bits per heavy atom. The van der Waals surface area contributed by atoms with E-state index in [0.717, 1.165) is 30.5 Å². The molecule has 2 N–H and O–H groups in total. The van der Waals surface area contributed by atoms with Crippen LogP contribution in [0.3, 0.4) is 0 Å². The standard InChI is InChI=1S/C14H16N2O3/c17-13(18)11-3-1-5-12-10(11)4-2-8-16(12)14(19)15-9-6-7-9/h1,3,5,9H,2,4,6-8H2,(H,15,19)(H,17,18). The van der Waals surface area contributed by atoms with Crippen molar-refractivity contribution in [3.05, 3.63) is 29.3 Å². The number of hydrogen-bond acceptors (Lipinski definition) is 2. The van der Waals surface area contributed by atoms with Crippen molar-refractivity contribution in [2.75, 3.05) is 11.4 Å². The summed E-state index contributed by atoms with van der Waals surface area (Å²) in [5.74, 6) is -0.929. The molecule has 2 aliphatic rings. The van der Waals surface area contributed by atoms with Gasteiger partial charge in [-0.05, 0) is 43.4 Å². The van der Waals surface area contributed by atoms with E-state index in [2.05, 4.69) is 5.32 Å². The molecule has 3 rings (SSSR count). The molecule has 1 fully saturated rings. The van der Waals surface area contributed by atoms with Crippen LogP contribution in [-0.4, -0.2) is 29.7 Å². The second kappa shape index (κ2) is 4.57. The van der Waals surface area contributed by atoms with Gasteiger partial charge in [-0.25, -0.2) is 9.59 Å². The number of carboxylic acid groups (broad SMARTS) is 1. The summed E-state index contributed by atoms with van der Waals surface area (Å²) in [6.07, 6.45) is 3.60. The van der Waals surface area contributed by atoms with Gasteiger partial charge in [0, 0.05) is 18.3 Å². The summed E-state index contributed by atoms with van der Waals surface area (Å²) >= 11 is 0. The molecule has 0 unspecified atom stereocenters. The van der Waals surface area contributed by atoms with Crippen molar-refractivity contribution >= 4 is 17.7 Å². The van der Waals surface area contributed by atoms with Crippen molar-refractivity contribution < 1.29 is 14.7 Å². The lowest BCUT2D eigenvalue weighted by Crippen LogP contribution is -2.44. The van der Waals surface area contributed by atoms with Gasteiger partial charge in [0.15, 0.2) is 0 Å². The minimum atomic E-state index is -0.929. The molecular formula is C14H16N2O3. The van der Waals surface area contributed by atoms with Crippen LogP contribution in [-0.2, 0) is 6.42 Å². The Morgan fingerprint density at radius 3 is 2.79 bits per heavy atom. The molecule has 19 heavy (non-hydrogen) atoms. The number of amides is 2. The highest BCUT2D eigenvalue weighted by atomic mass is 16.4. The minimum Gasteiger partial charge on any atom is -0.478 e. The largest absolute Gasteiger partial charge is 0.478 e. The molecule has 1 saturated carbocycles.